The van der Waals surface area contributed by atoms with E-state index in [9.17, 15) is 24.0 Å². The van der Waals surface area contributed by atoms with Gasteiger partial charge in [0.25, 0.3) is 0 Å². The molecule has 288 valence electrons. The lowest BCUT2D eigenvalue weighted by Gasteiger charge is -2.50. The number of hydrogen-bond acceptors (Lipinski definition) is 17. The molecule has 0 radical (unpaired) electrons. The average Bonchev–Trinajstić information content (AvgIpc) is 3.11. The molecule has 0 N–H and O–H groups in total. The van der Waals surface area contributed by atoms with Crippen LogP contribution in [0.1, 0.15) is 46.5 Å². The Morgan fingerprint density at radius 2 is 1.19 bits per heavy atom. The Hall–Kier alpha value is -4.81. The maximum atomic E-state index is 12.6. The summed E-state index contributed by atoms with van der Waals surface area (Å²) in [5.74, 6) is -2.99. The van der Waals surface area contributed by atoms with E-state index in [4.69, 9.17) is 56.8 Å². The number of methoxy groups -OCH3 is 1. The van der Waals surface area contributed by atoms with E-state index in [0.29, 0.717) is 11.3 Å². The summed E-state index contributed by atoms with van der Waals surface area (Å²) in [4.78, 5) is 62.1. The van der Waals surface area contributed by atoms with Crippen LogP contribution < -0.4 is 9.47 Å². The summed E-state index contributed by atoms with van der Waals surface area (Å²) in [6.07, 6.45) is -14.3. The van der Waals surface area contributed by atoms with Crippen LogP contribution in [0, 0.1) is 0 Å². The molecule has 11 atom stereocenters. The summed E-state index contributed by atoms with van der Waals surface area (Å²) in [5, 5.41) is 0. The Bertz CT molecular complexity index is 1580. The topological polar surface area (TPSA) is 196 Å². The Labute approximate surface area is 304 Å². The highest BCUT2D eigenvalue weighted by Crippen LogP contribution is 2.39. The van der Waals surface area contributed by atoms with Crippen LogP contribution >= 0.6 is 0 Å². The molecule has 0 aliphatic carbocycles. The quantitative estimate of drug-likeness (QED) is 0.226. The Morgan fingerprint density at radius 3 is 1.77 bits per heavy atom. The van der Waals surface area contributed by atoms with Gasteiger partial charge in [0.2, 0.25) is 12.4 Å². The lowest BCUT2D eigenvalue weighted by molar-refractivity contribution is -0.383. The Morgan fingerprint density at radius 1 is 0.623 bits per heavy atom. The number of carbonyl (C=O) groups excluding carboxylic acids is 5. The van der Waals surface area contributed by atoms with E-state index in [1.807, 2.05) is 6.07 Å². The molecule has 0 saturated carbocycles. The highest BCUT2D eigenvalue weighted by Gasteiger charge is 2.58. The van der Waals surface area contributed by atoms with Crippen LogP contribution in [-0.4, -0.2) is 112 Å². The summed E-state index contributed by atoms with van der Waals surface area (Å²) in [6.45, 7) is 5.19. The molecule has 1 unspecified atom stereocenters. The van der Waals surface area contributed by atoms with Crippen LogP contribution in [-0.2, 0) is 71.3 Å². The van der Waals surface area contributed by atoms with Gasteiger partial charge >= 0.3 is 29.8 Å². The van der Waals surface area contributed by atoms with Crippen LogP contribution in [0.25, 0.3) is 0 Å². The van der Waals surface area contributed by atoms with E-state index in [0.717, 1.165) is 20.8 Å². The summed E-state index contributed by atoms with van der Waals surface area (Å²) >= 11 is 0. The number of carbonyl (C=O) groups is 5. The SMILES string of the molecule is COc1ccc(O[C@@H]2O[C@H](COC(C)=O)[C@@H](O[C@@H]3O[C@@H]4COC(c5ccccc5)O[C@@H]4[C@H](OC(C)=O)[C@H]3OC(C)=O)[C@H](OC(C)=O)[C@H]2OC(C)=O)cc1. The minimum Gasteiger partial charge on any atom is -0.497 e. The van der Waals surface area contributed by atoms with E-state index in [1.54, 1.807) is 48.5 Å². The maximum absolute atomic E-state index is 12.6. The molecule has 17 heteroatoms. The fourth-order valence-corrected chi connectivity index (χ4v) is 6.14. The monoisotopic (exact) mass is 746 g/mol. The third-order valence-electron chi connectivity index (χ3n) is 8.21. The van der Waals surface area contributed by atoms with Crippen molar-refractivity contribution in [1.29, 1.82) is 0 Å². The van der Waals surface area contributed by atoms with Gasteiger partial charge in [0.15, 0.2) is 30.9 Å². The van der Waals surface area contributed by atoms with Gasteiger partial charge in [-0.05, 0) is 24.3 Å². The molecular weight excluding hydrogens is 704 g/mol. The van der Waals surface area contributed by atoms with Crippen molar-refractivity contribution in [2.75, 3.05) is 20.3 Å². The van der Waals surface area contributed by atoms with E-state index < -0.39 is 104 Å². The van der Waals surface area contributed by atoms with Crippen molar-refractivity contribution in [3.63, 3.8) is 0 Å². The van der Waals surface area contributed by atoms with Crippen molar-refractivity contribution < 1.29 is 80.8 Å². The van der Waals surface area contributed by atoms with E-state index in [2.05, 4.69) is 0 Å². The molecule has 2 aromatic rings. The number of hydrogen-bond donors (Lipinski definition) is 0. The number of ether oxygens (including phenoxy) is 12. The van der Waals surface area contributed by atoms with Gasteiger partial charge in [-0.3, -0.25) is 24.0 Å². The second-order valence-electron chi connectivity index (χ2n) is 12.3. The standard InChI is InChI=1S/C36H42O17/c1-18(37)43-16-26-29(31(46-20(3)39)32(47-21(4)40)35(50-26)49-25-14-12-24(42-6)13-15-25)53-36-33(48-22(5)41)30(45-19(2)38)28-27(51-36)17-44-34(52-28)23-10-8-7-9-11-23/h7-15,26-36H,16-17H2,1-6H3/t26-,27-,28+,29-,30+,31+,32-,33-,34?,35-,36+/m1/s1. The Kier molecular flexibility index (Phi) is 13.2. The van der Waals surface area contributed by atoms with E-state index >= 15 is 0 Å². The smallest absolute Gasteiger partial charge is 0.303 e. The molecule has 0 spiro atoms. The number of benzene rings is 2. The fourth-order valence-electron chi connectivity index (χ4n) is 6.14. The van der Waals surface area contributed by atoms with Crippen molar-refractivity contribution in [2.24, 2.45) is 0 Å². The average molecular weight is 747 g/mol. The predicted octanol–water partition coefficient (Wildman–Crippen LogP) is 2.31. The third-order valence-corrected chi connectivity index (χ3v) is 8.21. The molecule has 3 aliphatic rings. The van der Waals surface area contributed by atoms with Crippen LogP contribution in [0.5, 0.6) is 11.5 Å². The third kappa shape index (κ3) is 10.2. The molecule has 0 bridgehead atoms. The minimum atomic E-state index is -1.58. The number of rotatable bonds is 12. The zero-order chi connectivity index (χ0) is 38.2. The van der Waals surface area contributed by atoms with E-state index in [-0.39, 0.29) is 12.4 Å². The van der Waals surface area contributed by atoms with Gasteiger partial charge in [-0.25, -0.2) is 0 Å². The van der Waals surface area contributed by atoms with Crippen molar-refractivity contribution in [3.05, 3.63) is 60.2 Å². The molecule has 0 aromatic heterocycles. The van der Waals surface area contributed by atoms with Crippen molar-refractivity contribution in [1.82, 2.24) is 0 Å². The predicted molar refractivity (Wildman–Crippen MR) is 175 cm³/mol. The first-order valence-corrected chi connectivity index (χ1v) is 16.7. The van der Waals surface area contributed by atoms with Crippen molar-refractivity contribution in [2.45, 2.75) is 102 Å². The van der Waals surface area contributed by atoms with E-state index in [1.165, 1.54) is 21.0 Å². The second kappa shape index (κ2) is 17.8. The number of esters is 5. The molecule has 17 nitrogen and oxygen atoms in total. The molecule has 2 aromatic carbocycles. The van der Waals surface area contributed by atoms with Crippen LogP contribution in [0.3, 0.4) is 0 Å². The summed E-state index contributed by atoms with van der Waals surface area (Å²) in [5.41, 5.74) is 0.676. The van der Waals surface area contributed by atoms with Gasteiger partial charge in [0, 0.05) is 40.2 Å². The second-order valence-corrected chi connectivity index (χ2v) is 12.3. The first kappa shape index (κ1) is 39.4. The largest absolute Gasteiger partial charge is 0.497 e. The normalized spacial score (nSPS) is 30.8. The van der Waals surface area contributed by atoms with Crippen molar-refractivity contribution in [3.8, 4) is 11.5 Å². The van der Waals surface area contributed by atoms with Gasteiger partial charge < -0.3 is 56.8 Å². The van der Waals surface area contributed by atoms with Gasteiger partial charge in [-0.15, -0.1) is 0 Å². The first-order valence-electron chi connectivity index (χ1n) is 16.7. The summed E-state index contributed by atoms with van der Waals surface area (Å²) in [6, 6.07) is 15.4. The highest BCUT2D eigenvalue weighted by molar-refractivity contribution is 5.68. The molecule has 3 fully saturated rings. The summed E-state index contributed by atoms with van der Waals surface area (Å²) in [7, 11) is 1.49. The summed E-state index contributed by atoms with van der Waals surface area (Å²) < 4.78 is 70.5. The minimum absolute atomic E-state index is 0.0755. The zero-order valence-electron chi connectivity index (χ0n) is 29.9. The fraction of sp³-hybridized carbons (Fsp3) is 0.528. The molecule has 5 rings (SSSR count). The molecule has 3 heterocycles. The lowest BCUT2D eigenvalue weighted by Crippen LogP contribution is -2.68. The first-order chi connectivity index (χ1) is 25.3. The zero-order valence-corrected chi connectivity index (χ0v) is 29.9. The number of fused-ring (bicyclic) bond motifs is 1. The highest BCUT2D eigenvalue weighted by atomic mass is 16.8. The van der Waals surface area contributed by atoms with Crippen molar-refractivity contribution >= 4 is 29.8 Å². The van der Waals surface area contributed by atoms with Gasteiger partial charge in [-0.1, -0.05) is 30.3 Å². The van der Waals surface area contributed by atoms with Gasteiger partial charge in [0.05, 0.1) is 13.7 Å². The molecule has 3 aliphatic heterocycles. The maximum Gasteiger partial charge on any atom is 0.303 e. The molecular formula is C36H42O17. The van der Waals surface area contributed by atoms with Crippen LogP contribution in [0.4, 0.5) is 0 Å². The van der Waals surface area contributed by atoms with Gasteiger partial charge in [0.1, 0.15) is 42.5 Å². The molecule has 0 amide bonds. The van der Waals surface area contributed by atoms with Crippen LogP contribution in [0.15, 0.2) is 54.6 Å². The molecule has 53 heavy (non-hydrogen) atoms. The lowest BCUT2D eigenvalue weighted by atomic mass is 9.95. The van der Waals surface area contributed by atoms with Gasteiger partial charge in [-0.2, -0.15) is 0 Å². The Balaban J connectivity index is 1.51. The van der Waals surface area contributed by atoms with Crippen LogP contribution in [0.2, 0.25) is 0 Å². The molecule has 3 saturated heterocycles.